The van der Waals surface area contributed by atoms with Crippen LogP contribution in [0.5, 0.6) is 5.75 Å². The number of allylic oxidation sites excluding steroid dienone is 1. The molecule has 0 aliphatic rings. The fourth-order valence-electron chi connectivity index (χ4n) is 1.77. The summed E-state index contributed by atoms with van der Waals surface area (Å²) in [4.78, 5) is 12.0. The molecular formula is C17H11BrF4O2. The van der Waals surface area contributed by atoms with Crippen molar-refractivity contribution in [1.82, 2.24) is 0 Å². The number of ether oxygens (including phenoxy) is 1. The minimum atomic E-state index is -4.57. The molecule has 0 saturated heterocycles. The van der Waals surface area contributed by atoms with E-state index in [-0.39, 0.29) is 5.78 Å². The molecule has 0 heterocycles. The molecule has 0 fully saturated rings. The lowest BCUT2D eigenvalue weighted by Crippen LogP contribution is -2.33. The lowest BCUT2D eigenvalue weighted by Gasteiger charge is -2.16. The van der Waals surface area contributed by atoms with E-state index in [9.17, 15) is 22.4 Å². The van der Waals surface area contributed by atoms with Gasteiger partial charge in [0.25, 0.3) is 0 Å². The summed E-state index contributed by atoms with van der Waals surface area (Å²) >= 11 is 3.25. The fourth-order valence-corrected chi connectivity index (χ4v) is 2.03. The molecule has 2 rings (SSSR count). The first-order valence-electron chi connectivity index (χ1n) is 6.71. The second-order valence-electron chi connectivity index (χ2n) is 4.74. The standard InChI is InChI=1S/C17H11BrF4O2/c18-13-7-5-12(6-8-13)15(23)9-4-11-2-1-3-14(10-11)24-17(21,22)16(19)20/h1-10,16H/b9-4+. The highest BCUT2D eigenvalue weighted by molar-refractivity contribution is 9.10. The van der Waals surface area contributed by atoms with Gasteiger partial charge in [0.05, 0.1) is 0 Å². The van der Waals surface area contributed by atoms with E-state index in [0.29, 0.717) is 11.1 Å². The van der Waals surface area contributed by atoms with E-state index in [0.717, 1.165) is 16.6 Å². The van der Waals surface area contributed by atoms with Crippen LogP contribution >= 0.6 is 15.9 Å². The van der Waals surface area contributed by atoms with E-state index >= 15 is 0 Å². The van der Waals surface area contributed by atoms with Gasteiger partial charge in [0.15, 0.2) is 5.78 Å². The summed E-state index contributed by atoms with van der Waals surface area (Å²) in [5, 5.41) is 0. The maximum absolute atomic E-state index is 12.9. The van der Waals surface area contributed by atoms with Crippen molar-refractivity contribution in [2.24, 2.45) is 0 Å². The second kappa shape index (κ2) is 7.61. The minimum Gasteiger partial charge on any atom is -0.428 e. The van der Waals surface area contributed by atoms with Crippen LogP contribution in [-0.2, 0) is 0 Å². The Labute approximate surface area is 143 Å². The van der Waals surface area contributed by atoms with Crippen molar-refractivity contribution in [2.75, 3.05) is 0 Å². The van der Waals surface area contributed by atoms with Gasteiger partial charge in [0.2, 0.25) is 0 Å². The SMILES string of the molecule is O=C(/C=C/c1cccc(OC(F)(F)C(F)F)c1)c1ccc(Br)cc1. The van der Waals surface area contributed by atoms with Crippen LogP contribution < -0.4 is 4.74 Å². The highest BCUT2D eigenvalue weighted by Crippen LogP contribution is 2.28. The van der Waals surface area contributed by atoms with Gasteiger partial charge in [-0.25, -0.2) is 0 Å². The average molecular weight is 403 g/mol. The molecule has 24 heavy (non-hydrogen) atoms. The summed E-state index contributed by atoms with van der Waals surface area (Å²) in [5.41, 5.74) is 0.814. The Morgan fingerprint density at radius 2 is 1.79 bits per heavy atom. The molecule has 0 unspecified atom stereocenters. The van der Waals surface area contributed by atoms with Crippen molar-refractivity contribution >= 4 is 27.8 Å². The van der Waals surface area contributed by atoms with Gasteiger partial charge in [-0.15, -0.1) is 0 Å². The van der Waals surface area contributed by atoms with E-state index in [1.54, 1.807) is 24.3 Å². The van der Waals surface area contributed by atoms with Crippen LogP contribution in [0.15, 0.2) is 59.1 Å². The summed E-state index contributed by atoms with van der Waals surface area (Å²) in [5.74, 6) is -0.703. The van der Waals surface area contributed by atoms with Gasteiger partial charge in [-0.2, -0.15) is 17.6 Å². The smallest absolute Gasteiger partial charge is 0.428 e. The summed E-state index contributed by atoms with van der Waals surface area (Å²) in [6, 6.07) is 11.8. The quantitative estimate of drug-likeness (QED) is 0.358. The molecule has 0 spiro atoms. The minimum absolute atomic E-state index is 0.285. The van der Waals surface area contributed by atoms with Crippen LogP contribution in [0.2, 0.25) is 0 Å². The molecule has 0 bridgehead atoms. The molecule has 0 amide bonds. The number of benzene rings is 2. The van der Waals surface area contributed by atoms with Crippen LogP contribution in [-0.4, -0.2) is 18.3 Å². The summed E-state index contributed by atoms with van der Waals surface area (Å²) < 4.78 is 54.9. The largest absolute Gasteiger partial charge is 0.461 e. The molecule has 126 valence electrons. The van der Waals surface area contributed by atoms with Crippen LogP contribution in [0, 0.1) is 0 Å². The topological polar surface area (TPSA) is 26.3 Å². The van der Waals surface area contributed by atoms with E-state index in [4.69, 9.17) is 0 Å². The molecule has 0 aromatic heterocycles. The first-order chi connectivity index (χ1) is 11.3. The Balaban J connectivity index is 2.11. The molecule has 0 aliphatic carbocycles. The zero-order valence-electron chi connectivity index (χ0n) is 12.1. The molecule has 7 heteroatoms. The second-order valence-corrected chi connectivity index (χ2v) is 5.66. The van der Waals surface area contributed by atoms with Crippen LogP contribution in [0.3, 0.4) is 0 Å². The molecule has 0 radical (unpaired) electrons. The van der Waals surface area contributed by atoms with Crippen LogP contribution in [0.25, 0.3) is 6.08 Å². The van der Waals surface area contributed by atoms with Crippen LogP contribution in [0.4, 0.5) is 17.6 Å². The highest BCUT2D eigenvalue weighted by Gasteiger charge is 2.43. The van der Waals surface area contributed by atoms with Gasteiger partial charge >= 0.3 is 12.5 Å². The average Bonchev–Trinajstić information content (AvgIpc) is 2.53. The molecule has 2 aromatic carbocycles. The lowest BCUT2D eigenvalue weighted by molar-refractivity contribution is -0.253. The Kier molecular flexibility index (Phi) is 5.77. The Morgan fingerprint density at radius 3 is 2.42 bits per heavy atom. The first kappa shape index (κ1) is 18.2. The van der Waals surface area contributed by atoms with E-state index in [2.05, 4.69) is 20.7 Å². The Morgan fingerprint density at radius 1 is 1.12 bits per heavy atom. The number of alkyl halides is 4. The third kappa shape index (κ3) is 4.92. The van der Waals surface area contributed by atoms with Gasteiger partial charge in [-0.1, -0.05) is 34.1 Å². The number of hydrogen-bond donors (Lipinski definition) is 0. The fraction of sp³-hybridized carbons (Fsp3) is 0.118. The van der Waals surface area contributed by atoms with Crippen molar-refractivity contribution in [3.63, 3.8) is 0 Å². The molecule has 0 aliphatic heterocycles. The summed E-state index contributed by atoms with van der Waals surface area (Å²) in [6.07, 6.45) is -5.86. The normalized spacial score (nSPS) is 11.9. The zero-order valence-corrected chi connectivity index (χ0v) is 13.6. The monoisotopic (exact) mass is 402 g/mol. The van der Waals surface area contributed by atoms with E-state index in [1.165, 1.54) is 24.3 Å². The Bertz CT molecular complexity index is 743. The maximum Gasteiger partial charge on any atom is 0.461 e. The predicted octanol–water partition coefficient (Wildman–Crippen LogP) is 5.58. The highest BCUT2D eigenvalue weighted by atomic mass is 79.9. The molecule has 0 atom stereocenters. The number of carbonyl (C=O) groups is 1. The van der Waals surface area contributed by atoms with Crippen LogP contribution in [0.1, 0.15) is 15.9 Å². The van der Waals surface area contributed by atoms with Gasteiger partial charge in [-0.05, 0) is 48.0 Å². The molecule has 0 saturated carbocycles. The summed E-state index contributed by atoms with van der Waals surface area (Å²) in [7, 11) is 0. The number of hydrogen-bond acceptors (Lipinski definition) is 2. The van der Waals surface area contributed by atoms with Gasteiger partial charge in [-0.3, -0.25) is 4.79 Å². The first-order valence-corrected chi connectivity index (χ1v) is 7.50. The van der Waals surface area contributed by atoms with Crippen molar-refractivity contribution in [2.45, 2.75) is 12.5 Å². The van der Waals surface area contributed by atoms with Gasteiger partial charge in [0.1, 0.15) is 5.75 Å². The number of ketones is 1. The third-order valence-electron chi connectivity index (χ3n) is 2.92. The third-order valence-corrected chi connectivity index (χ3v) is 3.45. The Hall–Kier alpha value is -2.15. The maximum atomic E-state index is 12.9. The van der Waals surface area contributed by atoms with E-state index in [1.807, 2.05) is 0 Å². The zero-order chi connectivity index (χ0) is 17.7. The van der Waals surface area contributed by atoms with Crippen molar-refractivity contribution in [3.05, 3.63) is 70.2 Å². The van der Waals surface area contributed by atoms with Gasteiger partial charge < -0.3 is 4.74 Å². The number of rotatable bonds is 6. The number of carbonyl (C=O) groups excluding carboxylic acids is 1. The lowest BCUT2D eigenvalue weighted by atomic mass is 10.1. The molecule has 0 N–H and O–H groups in total. The molecule has 2 aromatic rings. The van der Waals surface area contributed by atoms with Crippen molar-refractivity contribution < 1.29 is 27.1 Å². The van der Waals surface area contributed by atoms with Crippen molar-refractivity contribution in [3.8, 4) is 5.75 Å². The van der Waals surface area contributed by atoms with E-state index < -0.39 is 18.3 Å². The predicted molar refractivity (Wildman–Crippen MR) is 85.5 cm³/mol. The van der Waals surface area contributed by atoms with Gasteiger partial charge in [0, 0.05) is 10.0 Å². The molecule has 2 nitrogen and oxygen atoms in total. The number of halogens is 5. The molecular weight excluding hydrogens is 392 g/mol. The summed E-state index contributed by atoms with van der Waals surface area (Å²) in [6.45, 7) is 0. The van der Waals surface area contributed by atoms with Crippen molar-refractivity contribution in [1.29, 1.82) is 0 Å².